The van der Waals surface area contributed by atoms with Crippen molar-refractivity contribution in [2.24, 2.45) is 16.8 Å². The molecule has 5 nitrogen and oxygen atoms in total. The minimum atomic E-state index is -0.318. The van der Waals surface area contributed by atoms with E-state index >= 15 is 0 Å². The summed E-state index contributed by atoms with van der Waals surface area (Å²) >= 11 is 0. The first kappa shape index (κ1) is 12.4. The highest BCUT2D eigenvalue weighted by atomic mass is 16.7. The largest absolute Gasteiger partial charge is 0.463 e. The first-order valence-corrected chi connectivity index (χ1v) is 5.99. The van der Waals surface area contributed by atoms with Crippen LogP contribution in [0.5, 0.6) is 0 Å². The zero-order valence-electron chi connectivity index (χ0n) is 10.7. The number of hydrogen-bond donors (Lipinski definition) is 0. The summed E-state index contributed by atoms with van der Waals surface area (Å²) < 4.78 is 16.3. The van der Waals surface area contributed by atoms with Crippen molar-refractivity contribution in [1.82, 2.24) is 0 Å². The second-order valence-electron chi connectivity index (χ2n) is 4.82. The zero-order chi connectivity index (χ0) is 12.6. The molecule has 0 bridgehead atoms. The molecule has 96 valence electrons. The minimum absolute atomic E-state index is 0.0681. The maximum atomic E-state index is 10.8. The van der Waals surface area contributed by atoms with Crippen LogP contribution in [0.15, 0.2) is 4.99 Å². The van der Waals surface area contributed by atoms with Crippen molar-refractivity contribution < 1.29 is 19.0 Å². The molecule has 0 aromatic heterocycles. The van der Waals surface area contributed by atoms with E-state index in [0.29, 0.717) is 11.8 Å². The first-order chi connectivity index (χ1) is 7.99. The molecule has 0 aliphatic carbocycles. The quantitative estimate of drug-likeness (QED) is 0.685. The number of rotatable bonds is 2. The minimum Gasteiger partial charge on any atom is -0.463 e. The summed E-state index contributed by atoms with van der Waals surface area (Å²) in [5.74, 6) is 1.03. The van der Waals surface area contributed by atoms with Gasteiger partial charge in [-0.2, -0.15) is 0 Å². The van der Waals surface area contributed by atoms with Gasteiger partial charge in [0.2, 0.25) is 6.29 Å². The maximum Gasteiger partial charge on any atom is 0.302 e. The Balaban J connectivity index is 2.01. The number of fused-ring (bicyclic) bond motifs is 1. The molecule has 0 radical (unpaired) electrons. The van der Waals surface area contributed by atoms with Crippen LogP contribution < -0.4 is 0 Å². The molecule has 0 aromatic carbocycles. The third-order valence-electron chi connectivity index (χ3n) is 3.61. The van der Waals surface area contributed by atoms with Crippen LogP contribution in [0.3, 0.4) is 0 Å². The summed E-state index contributed by atoms with van der Waals surface area (Å²) in [7, 11) is 0. The maximum absolute atomic E-state index is 10.8. The number of aliphatic imine (C=N–C) groups is 1. The molecule has 0 saturated carbocycles. The molecule has 5 atom stereocenters. The van der Waals surface area contributed by atoms with Crippen molar-refractivity contribution in [3.05, 3.63) is 0 Å². The number of esters is 1. The van der Waals surface area contributed by atoms with Gasteiger partial charge < -0.3 is 14.2 Å². The molecule has 2 heterocycles. The van der Waals surface area contributed by atoms with E-state index < -0.39 is 0 Å². The third kappa shape index (κ3) is 2.44. The molecule has 0 N–H and O–H groups in total. The molecule has 0 aromatic rings. The standard InChI is InChI=1S/C12H19NO4/c1-6-7(2)11-12(16-8(3)13-11)17-10(6)5-15-9(4)14/h6-7,10-12H,5H2,1-4H3/t6-,7?,10?,11+,12+/m1/s1. The predicted octanol–water partition coefficient (Wildman–Crippen LogP) is 1.36. The van der Waals surface area contributed by atoms with Crippen LogP contribution in [-0.4, -0.2) is 36.9 Å². The van der Waals surface area contributed by atoms with Crippen LogP contribution in [0.1, 0.15) is 27.7 Å². The van der Waals surface area contributed by atoms with Gasteiger partial charge in [-0.15, -0.1) is 0 Å². The van der Waals surface area contributed by atoms with Gasteiger partial charge in [-0.1, -0.05) is 13.8 Å². The fourth-order valence-corrected chi connectivity index (χ4v) is 2.35. The predicted molar refractivity (Wildman–Crippen MR) is 61.6 cm³/mol. The van der Waals surface area contributed by atoms with Crippen LogP contribution in [0.2, 0.25) is 0 Å². The Morgan fingerprint density at radius 1 is 1.41 bits per heavy atom. The molecule has 5 heteroatoms. The highest BCUT2D eigenvalue weighted by Crippen LogP contribution is 2.36. The van der Waals surface area contributed by atoms with Crippen LogP contribution in [0.25, 0.3) is 0 Å². The number of nitrogens with zero attached hydrogens (tertiary/aromatic N) is 1. The van der Waals surface area contributed by atoms with Crippen LogP contribution in [-0.2, 0) is 19.0 Å². The van der Waals surface area contributed by atoms with E-state index in [9.17, 15) is 4.79 Å². The van der Waals surface area contributed by atoms with Gasteiger partial charge in [-0.05, 0) is 11.8 Å². The molecule has 2 aliphatic heterocycles. The molecule has 2 rings (SSSR count). The fraction of sp³-hybridized carbons (Fsp3) is 0.833. The molecule has 0 amide bonds. The topological polar surface area (TPSA) is 57.1 Å². The molecule has 1 fully saturated rings. The van der Waals surface area contributed by atoms with E-state index in [-0.39, 0.29) is 36.9 Å². The Morgan fingerprint density at radius 2 is 2.12 bits per heavy atom. The lowest BCUT2D eigenvalue weighted by atomic mass is 9.83. The van der Waals surface area contributed by atoms with Gasteiger partial charge in [-0.25, -0.2) is 4.99 Å². The van der Waals surface area contributed by atoms with Gasteiger partial charge in [0.05, 0.1) is 6.10 Å². The number of ether oxygens (including phenoxy) is 3. The average molecular weight is 241 g/mol. The summed E-state index contributed by atoms with van der Waals surface area (Å²) in [6, 6.07) is 0.0681. The molecule has 17 heavy (non-hydrogen) atoms. The van der Waals surface area contributed by atoms with Crippen molar-refractivity contribution >= 4 is 11.9 Å². The van der Waals surface area contributed by atoms with Crippen LogP contribution >= 0.6 is 0 Å². The molecule has 1 saturated heterocycles. The molecule has 0 spiro atoms. The Hall–Kier alpha value is -1.10. The average Bonchev–Trinajstić information content (AvgIpc) is 2.62. The number of carbonyl (C=O) groups excluding carboxylic acids is 1. The number of carbonyl (C=O) groups is 1. The van der Waals surface area contributed by atoms with Gasteiger partial charge in [0, 0.05) is 13.8 Å². The summed E-state index contributed by atoms with van der Waals surface area (Å²) in [5, 5.41) is 0. The Morgan fingerprint density at radius 3 is 2.76 bits per heavy atom. The van der Waals surface area contributed by atoms with Crippen molar-refractivity contribution in [1.29, 1.82) is 0 Å². The third-order valence-corrected chi connectivity index (χ3v) is 3.61. The van der Waals surface area contributed by atoms with Crippen molar-refractivity contribution in [3.63, 3.8) is 0 Å². The van der Waals surface area contributed by atoms with Gasteiger partial charge >= 0.3 is 5.97 Å². The van der Waals surface area contributed by atoms with Crippen LogP contribution in [0, 0.1) is 11.8 Å². The summed E-state index contributed by atoms with van der Waals surface area (Å²) in [6.07, 6.45) is -0.432. The van der Waals surface area contributed by atoms with E-state index in [1.54, 1.807) is 0 Å². The Labute approximate surface area is 101 Å². The van der Waals surface area contributed by atoms with E-state index in [0.717, 1.165) is 0 Å². The second-order valence-corrected chi connectivity index (χ2v) is 4.82. The monoisotopic (exact) mass is 241 g/mol. The summed E-state index contributed by atoms with van der Waals surface area (Å²) in [5.41, 5.74) is 0. The van der Waals surface area contributed by atoms with Gasteiger partial charge in [0.1, 0.15) is 12.6 Å². The lowest BCUT2D eigenvalue weighted by Crippen LogP contribution is -2.49. The second kappa shape index (κ2) is 4.64. The first-order valence-electron chi connectivity index (χ1n) is 5.99. The van der Waals surface area contributed by atoms with Gasteiger partial charge in [0.25, 0.3) is 0 Å². The smallest absolute Gasteiger partial charge is 0.302 e. The molecular weight excluding hydrogens is 222 g/mol. The zero-order valence-corrected chi connectivity index (χ0v) is 10.7. The number of hydrogen-bond acceptors (Lipinski definition) is 5. The lowest BCUT2D eigenvalue weighted by Gasteiger charge is -2.39. The Bertz CT molecular complexity index is 341. The molecule has 2 unspecified atom stereocenters. The van der Waals surface area contributed by atoms with E-state index in [2.05, 4.69) is 18.8 Å². The van der Waals surface area contributed by atoms with Gasteiger partial charge in [0.15, 0.2) is 5.90 Å². The van der Waals surface area contributed by atoms with Crippen LogP contribution in [0.4, 0.5) is 0 Å². The van der Waals surface area contributed by atoms with Gasteiger partial charge in [-0.3, -0.25) is 4.79 Å². The Kier molecular flexibility index (Phi) is 3.38. The van der Waals surface area contributed by atoms with Crippen molar-refractivity contribution in [2.45, 2.75) is 46.1 Å². The molecule has 2 aliphatic rings. The van der Waals surface area contributed by atoms with Crippen molar-refractivity contribution in [3.8, 4) is 0 Å². The normalized spacial score (nSPS) is 40.2. The fourth-order valence-electron chi connectivity index (χ4n) is 2.35. The SMILES string of the molecule is CC(=O)OCC1O[C@@H]2OC(C)=N[C@H]2C(C)[C@H]1C. The van der Waals surface area contributed by atoms with E-state index in [1.807, 2.05) is 6.92 Å². The van der Waals surface area contributed by atoms with Crippen molar-refractivity contribution in [2.75, 3.05) is 6.61 Å². The highest BCUT2D eigenvalue weighted by molar-refractivity contribution is 5.75. The lowest BCUT2D eigenvalue weighted by molar-refractivity contribution is -0.202. The highest BCUT2D eigenvalue weighted by Gasteiger charge is 2.45. The van der Waals surface area contributed by atoms with E-state index in [1.165, 1.54) is 6.92 Å². The summed E-state index contributed by atoms with van der Waals surface area (Å²) in [4.78, 5) is 15.3. The molecular formula is C12H19NO4. The summed E-state index contributed by atoms with van der Waals surface area (Å²) in [6.45, 7) is 7.75. The van der Waals surface area contributed by atoms with E-state index in [4.69, 9.17) is 14.2 Å².